The van der Waals surface area contributed by atoms with Crippen LogP contribution in [0.5, 0.6) is 0 Å². The second-order valence-electron chi connectivity index (χ2n) is 4.91. The molecule has 0 bridgehead atoms. The van der Waals surface area contributed by atoms with E-state index in [0.29, 0.717) is 6.42 Å². The number of hydrogen-bond acceptors (Lipinski definition) is 3. The summed E-state index contributed by atoms with van der Waals surface area (Å²) in [5, 5.41) is 0. The molecule has 0 saturated carbocycles. The smallest absolute Gasteiger partial charge is 0.306 e. The van der Waals surface area contributed by atoms with E-state index in [-0.39, 0.29) is 18.5 Å². The summed E-state index contributed by atoms with van der Waals surface area (Å²) < 4.78 is 5.01. The summed E-state index contributed by atoms with van der Waals surface area (Å²) in [4.78, 5) is 25.0. The Morgan fingerprint density at radius 3 is 2.33 bits per heavy atom. The lowest BCUT2D eigenvalue weighted by Gasteiger charge is -2.19. The molecular weight excluding hydrogens is 230 g/mol. The lowest BCUT2D eigenvalue weighted by Crippen LogP contribution is -2.35. The van der Waals surface area contributed by atoms with Crippen molar-refractivity contribution in [3.63, 3.8) is 0 Å². The number of nitrogens with zero attached hydrogens (tertiary/aromatic N) is 1. The van der Waals surface area contributed by atoms with E-state index in [4.69, 9.17) is 4.74 Å². The van der Waals surface area contributed by atoms with E-state index >= 15 is 0 Å². The highest BCUT2D eigenvalue weighted by Gasteiger charge is 2.16. The highest BCUT2D eigenvalue weighted by atomic mass is 16.5. The van der Waals surface area contributed by atoms with E-state index in [2.05, 4.69) is 6.92 Å². The Balaban J connectivity index is 2.16. The normalized spacial score (nSPS) is 16.2. The van der Waals surface area contributed by atoms with Gasteiger partial charge in [0.15, 0.2) is 6.61 Å². The number of unbranched alkanes of at least 4 members (excludes halogenated alkanes) is 2. The number of carbonyl (C=O) groups excluding carboxylic acids is 2. The molecule has 0 aromatic heterocycles. The highest BCUT2D eigenvalue weighted by molar-refractivity contribution is 5.80. The van der Waals surface area contributed by atoms with Crippen molar-refractivity contribution in [3.8, 4) is 0 Å². The van der Waals surface area contributed by atoms with Crippen molar-refractivity contribution >= 4 is 11.9 Å². The van der Waals surface area contributed by atoms with Gasteiger partial charge in [0.1, 0.15) is 0 Å². The first kappa shape index (κ1) is 15.0. The lowest BCUT2D eigenvalue weighted by atomic mass is 10.2. The number of amides is 1. The van der Waals surface area contributed by atoms with Gasteiger partial charge in [0.2, 0.25) is 0 Å². The van der Waals surface area contributed by atoms with E-state index in [1.165, 1.54) is 12.8 Å². The first-order chi connectivity index (χ1) is 8.74. The van der Waals surface area contributed by atoms with Crippen molar-refractivity contribution in [2.45, 2.75) is 58.3 Å². The molecule has 18 heavy (non-hydrogen) atoms. The molecule has 1 rings (SSSR count). The van der Waals surface area contributed by atoms with Gasteiger partial charge in [-0.25, -0.2) is 0 Å². The number of carbonyl (C=O) groups is 2. The second kappa shape index (κ2) is 8.95. The molecule has 1 saturated heterocycles. The van der Waals surface area contributed by atoms with Crippen molar-refractivity contribution < 1.29 is 14.3 Å². The van der Waals surface area contributed by atoms with Crippen LogP contribution in [0.3, 0.4) is 0 Å². The van der Waals surface area contributed by atoms with Crippen LogP contribution in [-0.2, 0) is 14.3 Å². The summed E-state index contributed by atoms with van der Waals surface area (Å²) in [5.41, 5.74) is 0. The fourth-order valence-corrected chi connectivity index (χ4v) is 2.15. The lowest BCUT2D eigenvalue weighted by molar-refractivity contribution is -0.152. The third kappa shape index (κ3) is 6.03. The number of likely N-dealkylation sites (tertiary alicyclic amines) is 1. The van der Waals surface area contributed by atoms with Crippen LogP contribution in [0.2, 0.25) is 0 Å². The monoisotopic (exact) mass is 255 g/mol. The number of rotatable bonds is 6. The van der Waals surface area contributed by atoms with Crippen LogP contribution in [0.15, 0.2) is 0 Å². The maximum absolute atomic E-state index is 11.8. The van der Waals surface area contributed by atoms with Gasteiger partial charge in [-0.05, 0) is 19.3 Å². The molecular formula is C14H25NO3. The molecule has 1 fully saturated rings. The minimum absolute atomic E-state index is 0.0410. The highest BCUT2D eigenvalue weighted by Crippen LogP contribution is 2.10. The molecule has 1 amide bonds. The second-order valence-corrected chi connectivity index (χ2v) is 4.91. The van der Waals surface area contributed by atoms with Crippen LogP contribution >= 0.6 is 0 Å². The SMILES string of the molecule is CCCCCC(=O)OCC(=O)N1CCCCCC1. The molecule has 0 aromatic rings. The van der Waals surface area contributed by atoms with E-state index in [9.17, 15) is 9.59 Å². The third-order valence-corrected chi connectivity index (χ3v) is 3.30. The Labute approximate surface area is 110 Å². The molecule has 0 radical (unpaired) electrons. The van der Waals surface area contributed by atoms with Crippen LogP contribution in [-0.4, -0.2) is 36.5 Å². The maximum atomic E-state index is 11.8. The van der Waals surface area contributed by atoms with Crippen molar-refractivity contribution in [2.75, 3.05) is 19.7 Å². The minimum atomic E-state index is -0.244. The molecule has 1 aliphatic rings. The number of ether oxygens (including phenoxy) is 1. The molecule has 0 N–H and O–H groups in total. The zero-order valence-electron chi connectivity index (χ0n) is 11.5. The first-order valence-electron chi connectivity index (χ1n) is 7.17. The quantitative estimate of drug-likeness (QED) is 0.541. The summed E-state index contributed by atoms with van der Waals surface area (Å²) in [6.45, 7) is 3.64. The van der Waals surface area contributed by atoms with Crippen LogP contribution in [0.1, 0.15) is 58.3 Å². The van der Waals surface area contributed by atoms with Gasteiger partial charge in [-0.15, -0.1) is 0 Å². The Kier molecular flexibility index (Phi) is 7.46. The molecule has 0 aromatic carbocycles. The Morgan fingerprint density at radius 1 is 1.06 bits per heavy atom. The molecule has 0 unspecified atom stereocenters. The summed E-state index contributed by atoms with van der Waals surface area (Å²) in [6, 6.07) is 0. The van der Waals surface area contributed by atoms with Crippen molar-refractivity contribution in [3.05, 3.63) is 0 Å². The van der Waals surface area contributed by atoms with E-state index in [0.717, 1.165) is 45.2 Å². The summed E-state index contributed by atoms with van der Waals surface area (Å²) in [5.74, 6) is -0.285. The summed E-state index contributed by atoms with van der Waals surface area (Å²) >= 11 is 0. The van der Waals surface area contributed by atoms with Crippen LogP contribution < -0.4 is 0 Å². The molecule has 0 atom stereocenters. The Morgan fingerprint density at radius 2 is 1.72 bits per heavy atom. The fraction of sp³-hybridized carbons (Fsp3) is 0.857. The van der Waals surface area contributed by atoms with E-state index in [1.807, 2.05) is 4.90 Å². The zero-order chi connectivity index (χ0) is 13.2. The molecule has 1 aliphatic heterocycles. The summed E-state index contributed by atoms with van der Waals surface area (Å²) in [6.07, 6.45) is 7.93. The number of hydrogen-bond donors (Lipinski definition) is 0. The Bertz CT molecular complexity index is 258. The molecule has 104 valence electrons. The van der Waals surface area contributed by atoms with Gasteiger partial charge in [-0.3, -0.25) is 9.59 Å². The van der Waals surface area contributed by atoms with Crippen LogP contribution in [0, 0.1) is 0 Å². The van der Waals surface area contributed by atoms with Gasteiger partial charge in [0.25, 0.3) is 5.91 Å². The molecule has 4 heteroatoms. The average Bonchev–Trinajstić information content (AvgIpc) is 2.65. The van der Waals surface area contributed by atoms with E-state index in [1.54, 1.807) is 0 Å². The predicted molar refractivity (Wildman–Crippen MR) is 70.1 cm³/mol. The van der Waals surface area contributed by atoms with Gasteiger partial charge < -0.3 is 9.64 Å². The van der Waals surface area contributed by atoms with Gasteiger partial charge in [0, 0.05) is 19.5 Å². The van der Waals surface area contributed by atoms with Crippen molar-refractivity contribution in [2.24, 2.45) is 0 Å². The van der Waals surface area contributed by atoms with Gasteiger partial charge in [-0.2, -0.15) is 0 Å². The fourth-order valence-electron chi connectivity index (χ4n) is 2.15. The third-order valence-electron chi connectivity index (χ3n) is 3.30. The Hall–Kier alpha value is -1.06. The van der Waals surface area contributed by atoms with Gasteiger partial charge in [0.05, 0.1) is 0 Å². The van der Waals surface area contributed by atoms with Crippen LogP contribution in [0.4, 0.5) is 0 Å². The van der Waals surface area contributed by atoms with Crippen LogP contribution in [0.25, 0.3) is 0 Å². The van der Waals surface area contributed by atoms with Gasteiger partial charge >= 0.3 is 5.97 Å². The topological polar surface area (TPSA) is 46.6 Å². The largest absolute Gasteiger partial charge is 0.456 e. The molecule has 1 heterocycles. The number of esters is 1. The average molecular weight is 255 g/mol. The van der Waals surface area contributed by atoms with Crippen molar-refractivity contribution in [1.29, 1.82) is 0 Å². The first-order valence-corrected chi connectivity index (χ1v) is 7.17. The molecule has 0 spiro atoms. The maximum Gasteiger partial charge on any atom is 0.306 e. The van der Waals surface area contributed by atoms with Crippen molar-refractivity contribution in [1.82, 2.24) is 4.90 Å². The van der Waals surface area contributed by atoms with E-state index < -0.39 is 0 Å². The zero-order valence-corrected chi connectivity index (χ0v) is 11.5. The minimum Gasteiger partial charge on any atom is -0.456 e. The molecule has 0 aliphatic carbocycles. The molecule has 4 nitrogen and oxygen atoms in total. The van der Waals surface area contributed by atoms with Gasteiger partial charge in [-0.1, -0.05) is 32.6 Å². The standard InChI is InChI=1S/C14H25NO3/c1-2-3-6-9-14(17)18-12-13(16)15-10-7-4-5-8-11-15/h2-12H2,1H3. The summed E-state index contributed by atoms with van der Waals surface area (Å²) in [7, 11) is 0. The predicted octanol–water partition coefficient (Wildman–Crippen LogP) is 2.51.